The molecule has 0 bridgehead atoms. The summed E-state index contributed by atoms with van der Waals surface area (Å²) < 4.78 is 52.7. The molecule has 2 amide bonds. The van der Waals surface area contributed by atoms with Gasteiger partial charge in [-0.05, 0) is 76.4 Å². The van der Waals surface area contributed by atoms with E-state index in [0.29, 0.717) is 39.6 Å². The highest BCUT2D eigenvalue weighted by atomic mass is 35.5. The second-order valence-corrected chi connectivity index (χ2v) is 26.2. The van der Waals surface area contributed by atoms with E-state index in [1.807, 2.05) is 164 Å². The molecule has 7 aromatic carbocycles. The van der Waals surface area contributed by atoms with Gasteiger partial charge >= 0.3 is 11.9 Å². The number of hydrogen-bond donors (Lipinski definition) is 3. The molecular formula is C80H83ClN6O14S2. The Morgan fingerprint density at radius 2 is 1.34 bits per heavy atom. The van der Waals surface area contributed by atoms with Crippen LogP contribution in [0, 0.1) is 11.3 Å². The zero-order valence-electron chi connectivity index (χ0n) is 57.6. The van der Waals surface area contributed by atoms with Crippen LogP contribution in [0.5, 0.6) is 17.2 Å². The molecule has 0 radical (unpaired) electrons. The van der Waals surface area contributed by atoms with Crippen LogP contribution in [0.4, 0.5) is 10.1 Å². The normalized spacial score (nSPS) is 16.3. The number of hydrogen-bond acceptors (Lipinski definition) is 20. The lowest BCUT2D eigenvalue weighted by atomic mass is 9.77. The Morgan fingerprint density at radius 3 is 1.92 bits per heavy atom. The van der Waals surface area contributed by atoms with Crippen molar-refractivity contribution in [2.45, 2.75) is 75.0 Å². The summed E-state index contributed by atoms with van der Waals surface area (Å²) in [5.74, 6) is -1.84. The molecule has 23 heteroatoms. The van der Waals surface area contributed by atoms with E-state index in [-0.39, 0.29) is 96.2 Å². The van der Waals surface area contributed by atoms with Crippen molar-refractivity contribution < 1.29 is 66.6 Å². The van der Waals surface area contributed by atoms with Gasteiger partial charge in [0.15, 0.2) is 36.3 Å². The highest BCUT2D eigenvalue weighted by Crippen LogP contribution is 2.45. The highest BCUT2D eigenvalue weighted by molar-refractivity contribution is 7.99. The molecule has 0 spiro atoms. The van der Waals surface area contributed by atoms with Crippen LogP contribution in [0.2, 0.25) is 0 Å². The predicted molar refractivity (Wildman–Crippen MR) is 397 cm³/mol. The number of thiazole rings is 1. The van der Waals surface area contributed by atoms with Gasteiger partial charge in [-0.3, -0.25) is 24.8 Å². The molecule has 10 rings (SSSR count). The summed E-state index contributed by atoms with van der Waals surface area (Å²) in [7, 11) is 4.63. The number of nitrogens with zero attached hydrogens (tertiary/aromatic N) is 3. The van der Waals surface area contributed by atoms with Crippen molar-refractivity contribution in [3.05, 3.63) is 274 Å². The molecule has 103 heavy (non-hydrogen) atoms. The lowest BCUT2D eigenvalue weighted by Crippen LogP contribution is -2.54. The van der Waals surface area contributed by atoms with Crippen molar-refractivity contribution in [3.63, 3.8) is 0 Å². The van der Waals surface area contributed by atoms with Crippen LogP contribution >= 0.6 is 34.7 Å². The summed E-state index contributed by atoms with van der Waals surface area (Å²) in [6.45, 7) is -0.114. The third kappa shape index (κ3) is 20.3. The minimum Gasteiger partial charge on any atom is -0.497 e. The maximum absolute atomic E-state index is 15.8. The zero-order chi connectivity index (χ0) is 72.0. The lowest BCUT2D eigenvalue weighted by molar-refractivity contribution is -0.160. The Bertz CT molecular complexity index is 4030. The zero-order valence-corrected chi connectivity index (χ0v) is 60.0. The van der Waals surface area contributed by atoms with Gasteiger partial charge in [-0.2, -0.15) is 17.0 Å². The van der Waals surface area contributed by atoms with Crippen molar-refractivity contribution in [2.75, 3.05) is 89.5 Å². The van der Waals surface area contributed by atoms with Gasteiger partial charge in [0.25, 0.3) is 5.91 Å². The second-order valence-electron chi connectivity index (χ2n) is 23.8. The Hall–Kier alpha value is -9.80. The van der Waals surface area contributed by atoms with Gasteiger partial charge in [0, 0.05) is 37.2 Å². The first kappa shape index (κ1) is 75.9. The molecule has 1 aliphatic heterocycles. The van der Waals surface area contributed by atoms with Gasteiger partial charge in [0.05, 0.1) is 57.3 Å². The van der Waals surface area contributed by atoms with Crippen molar-refractivity contribution in [1.82, 2.24) is 15.2 Å². The SMILES string of the molecule is COCCOCOc1c(C#N)ccc(C(ONc2sc(NC(c3ccccc3)(c3ccccc3)c3ccccc3)nc2CC(=O)N[C@H]2CSCC(/C=C\CCl)=C(/C(=O)OCc3ccc(OC)cc3)N(C3/C=C\CCCCC3)C2=O)C(=O)OC(c2ccccc2)c2ccccc2)c1OCOCCOC. The van der Waals surface area contributed by atoms with E-state index in [0.717, 1.165) is 53.7 Å². The minimum absolute atomic E-state index is 0.0219. The maximum Gasteiger partial charge on any atom is 0.355 e. The quantitative estimate of drug-likeness (QED) is 0.00637. The van der Waals surface area contributed by atoms with Gasteiger partial charge in [-0.1, -0.05) is 218 Å². The number of carbonyl (C=O) groups is 4. The number of alkyl halides is 1. The standard InChI is InChI=1S/C80H83ClN6O14S2/c1-92-45-47-95-54-98-72-59(50-82)40-43-66(73(72)99-55-96-48-46-93-2)74(78(91)100-71(57-25-12-7-13-26-57)58-27-14-8-15-28-58)101-86-75-67(84-79(103-75)85-80(61-30-16-9-17-31-61,62-32-18-10-19-33-62)63-34-20-11-21-35-63)49-69(88)83-68-53-102-52-60(29-24-44-81)70(77(90)97-51-56-38-41-65(94-3)42-39-56)87(76(68)89)64-36-22-5-4-6-23-37-64/h7-22,24-36,38-43,64,68,71,74,86H,4-6,23,37,44-49,51-55H2,1-3H3,(H,83,88)(H,84,85)/b29-24-,36-22-,70-60-/t64?,68-,74?/m0/s1. The van der Waals surface area contributed by atoms with E-state index in [9.17, 15) is 10.1 Å². The number of aromatic nitrogens is 1. The van der Waals surface area contributed by atoms with E-state index in [4.69, 9.17) is 64.1 Å². The second kappa shape index (κ2) is 39.6. The summed E-state index contributed by atoms with van der Waals surface area (Å²) in [5, 5.41) is 18.0. The van der Waals surface area contributed by atoms with Crippen molar-refractivity contribution in [3.8, 4) is 23.3 Å². The Kier molecular flexibility index (Phi) is 29.1. The summed E-state index contributed by atoms with van der Waals surface area (Å²) in [5.41, 5.74) is 7.28. The number of methoxy groups -OCH3 is 3. The van der Waals surface area contributed by atoms with Gasteiger partial charge in [-0.25, -0.2) is 14.6 Å². The van der Waals surface area contributed by atoms with Gasteiger partial charge in [0.2, 0.25) is 12.0 Å². The highest BCUT2D eigenvalue weighted by Gasteiger charge is 2.41. The fraction of sp³-hybridized carbons (Fsp3) is 0.300. The molecule has 2 heterocycles. The van der Waals surface area contributed by atoms with Crippen LogP contribution < -0.4 is 30.3 Å². The molecule has 8 aromatic rings. The summed E-state index contributed by atoms with van der Waals surface area (Å²) in [6.07, 6.45) is 8.22. The number of halogens is 1. The number of nitriles is 1. The van der Waals surface area contributed by atoms with Crippen LogP contribution in [-0.4, -0.2) is 124 Å². The van der Waals surface area contributed by atoms with Gasteiger partial charge in [-0.15, -0.1) is 11.6 Å². The minimum atomic E-state index is -1.78. The number of anilines is 2. The average Bonchev–Trinajstić information content (AvgIpc) is 1.67. The molecule has 536 valence electrons. The first-order chi connectivity index (χ1) is 50.6. The van der Waals surface area contributed by atoms with Gasteiger partial charge < -0.3 is 53.3 Å². The Balaban J connectivity index is 1.08. The summed E-state index contributed by atoms with van der Waals surface area (Å²) in [6, 6.07) is 58.6. The number of thioether (sulfide) groups is 1. The fourth-order valence-corrected chi connectivity index (χ4v) is 14.0. The maximum atomic E-state index is 15.8. The number of carbonyl (C=O) groups excluding carboxylic acids is 4. The Morgan fingerprint density at radius 1 is 0.738 bits per heavy atom. The van der Waals surface area contributed by atoms with Crippen molar-refractivity contribution >= 4 is 68.6 Å². The molecule has 3 N–H and O–H groups in total. The third-order valence-electron chi connectivity index (χ3n) is 17.0. The van der Waals surface area contributed by atoms with Crippen LogP contribution in [0.25, 0.3) is 0 Å². The number of rotatable bonds is 35. The van der Waals surface area contributed by atoms with E-state index in [1.165, 1.54) is 43.0 Å². The number of amides is 2. The van der Waals surface area contributed by atoms with E-state index >= 15 is 14.4 Å². The molecular weight excluding hydrogens is 1370 g/mol. The fourth-order valence-electron chi connectivity index (χ4n) is 12.0. The first-order valence-corrected chi connectivity index (χ1v) is 36.3. The van der Waals surface area contributed by atoms with Gasteiger partial charge in [0.1, 0.15) is 40.7 Å². The van der Waals surface area contributed by atoms with Crippen LogP contribution in [0.1, 0.15) is 94.5 Å². The van der Waals surface area contributed by atoms with Crippen LogP contribution in [0.3, 0.4) is 0 Å². The number of allylic oxidation sites excluding steroid dienone is 3. The first-order valence-electron chi connectivity index (χ1n) is 33.8. The molecule has 3 atom stereocenters. The van der Waals surface area contributed by atoms with Crippen LogP contribution in [0.15, 0.2) is 224 Å². The van der Waals surface area contributed by atoms with E-state index in [1.54, 1.807) is 43.5 Å². The number of benzene rings is 7. The summed E-state index contributed by atoms with van der Waals surface area (Å²) in [4.78, 5) is 75.5. The molecule has 1 aromatic heterocycles. The molecule has 0 saturated heterocycles. The predicted octanol–water partition coefficient (Wildman–Crippen LogP) is 14.1. The largest absolute Gasteiger partial charge is 0.497 e. The number of esters is 2. The van der Waals surface area contributed by atoms with Crippen LogP contribution in [-0.2, 0) is 71.0 Å². The van der Waals surface area contributed by atoms with Crippen molar-refractivity contribution in [2.24, 2.45) is 0 Å². The molecule has 1 aliphatic carbocycles. The molecule has 2 aliphatic rings. The number of nitrogens with one attached hydrogen (secondary N) is 3. The molecule has 0 saturated carbocycles. The Labute approximate surface area is 613 Å². The smallest absolute Gasteiger partial charge is 0.355 e. The topological polar surface area (TPSA) is 237 Å². The van der Waals surface area contributed by atoms with Crippen molar-refractivity contribution in [1.29, 1.82) is 5.26 Å². The third-order valence-corrected chi connectivity index (χ3v) is 19.2. The van der Waals surface area contributed by atoms with E-state index in [2.05, 4.69) is 22.2 Å². The summed E-state index contributed by atoms with van der Waals surface area (Å²) >= 11 is 8.74. The molecule has 20 nitrogen and oxygen atoms in total. The monoisotopic (exact) mass is 1450 g/mol. The average molecular weight is 1450 g/mol. The molecule has 2 unspecified atom stereocenters. The number of ether oxygens (including phenoxy) is 9. The van der Waals surface area contributed by atoms with E-state index < -0.39 is 66.8 Å². The lowest BCUT2D eigenvalue weighted by Gasteiger charge is -2.37. The molecule has 0 fully saturated rings.